The summed E-state index contributed by atoms with van der Waals surface area (Å²) < 4.78 is 5.68. The van der Waals surface area contributed by atoms with Crippen molar-refractivity contribution < 1.29 is 4.74 Å². The number of hydrogen-bond acceptors (Lipinski definition) is 3. The van der Waals surface area contributed by atoms with Crippen LogP contribution in [0.2, 0.25) is 0 Å². The first-order valence-corrected chi connectivity index (χ1v) is 7.59. The van der Waals surface area contributed by atoms with Crippen LogP contribution in [0.5, 0.6) is 0 Å². The van der Waals surface area contributed by atoms with Gasteiger partial charge in [-0.2, -0.15) is 0 Å². The molecule has 1 aromatic rings. The molecule has 0 atom stereocenters. The Morgan fingerprint density at radius 1 is 1.10 bits per heavy atom. The van der Waals surface area contributed by atoms with E-state index in [2.05, 4.69) is 62.4 Å². The number of rotatable bonds is 10. The Hall–Kier alpha value is -0.900. The van der Waals surface area contributed by atoms with E-state index in [9.17, 15) is 0 Å². The summed E-state index contributed by atoms with van der Waals surface area (Å²) in [5.41, 5.74) is 2.59. The molecule has 0 aromatic heterocycles. The summed E-state index contributed by atoms with van der Waals surface area (Å²) in [5.74, 6) is 0.699. The molecule has 0 aliphatic rings. The van der Waals surface area contributed by atoms with Gasteiger partial charge < -0.3 is 15.0 Å². The molecule has 0 saturated heterocycles. The fourth-order valence-corrected chi connectivity index (χ4v) is 1.93. The van der Waals surface area contributed by atoms with E-state index in [-0.39, 0.29) is 0 Å². The Balaban J connectivity index is 2.18. The van der Waals surface area contributed by atoms with Gasteiger partial charge in [-0.25, -0.2) is 0 Å². The summed E-state index contributed by atoms with van der Waals surface area (Å²) >= 11 is 0. The van der Waals surface area contributed by atoms with Gasteiger partial charge in [-0.15, -0.1) is 0 Å². The van der Waals surface area contributed by atoms with E-state index in [0.29, 0.717) is 12.5 Å². The van der Waals surface area contributed by atoms with Gasteiger partial charge in [0.15, 0.2) is 0 Å². The zero-order chi connectivity index (χ0) is 14.8. The third-order valence-corrected chi connectivity index (χ3v) is 3.07. The quantitative estimate of drug-likeness (QED) is 0.666. The van der Waals surface area contributed by atoms with Gasteiger partial charge in [-0.05, 0) is 50.7 Å². The van der Waals surface area contributed by atoms with Crippen LogP contribution in [0, 0.1) is 5.92 Å². The van der Waals surface area contributed by atoms with Crippen LogP contribution in [0.15, 0.2) is 24.3 Å². The molecule has 0 heterocycles. The van der Waals surface area contributed by atoms with E-state index in [1.165, 1.54) is 11.1 Å². The normalized spacial score (nSPS) is 11.5. The summed E-state index contributed by atoms with van der Waals surface area (Å²) in [6, 6.07) is 8.70. The molecule has 0 aliphatic heterocycles. The fraction of sp³-hybridized carbons (Fsp3) is 0.647. The lowest BCUT2D eigenvalue weighted by Gasteiger charge is -2.10. The molecule has 0 radical (unpaired) electrons. The van der Waals surface area contributed by atoms with Crippen LogP contribution >= 0.6 is 0 Å². The zero-order valence-electron chi connectivity index (χ0n) is 13.5. The van der Waals surface area contributed by atoms with Gasteiger partial charge in [-0.1, -0.05) is 38.1 Å². The van der Waals surface area contributed by atoms with Crippen molar-refractivity contribution >= 4 is 0 Å². The van der Waals surface area contributed by atoms with Gasteiger partial charge in [0, 0.05) is 13.2 Å². The Morgan fingerprint density at radius 3 is 2.35 bits per heavy atom. The molecule has 1 N–H and O–H groups in total. The Kier molecular flexibility index (Phi) is 8.51. The van der Waals surface area contributed by atoms with Gasteiger partial charge in [0.2, 0.25) is 0 Å². The second kappa shape index (κ2) is 9.92. The molecule has 0 saturated carbocycles. The van der Waals surface area contributed by atoms with Gasteiger partial charge in [0.1, 0.15) is 0 Å². The summed E-state index contributed by atoms with van der Waals surface area (Å²) in [6.07, 6.45) is 1.09. The lowest BCUT2D eigenvalue weighted by molar-refractivity contribution is 0.113. The lowest BCUT2D eigenvalue weighted by Crippen LogP contribution is -2.18. The summed E-state index contributed by atoms with van der Waals surface area (Å²) in [5, 5.41) is 3.46. The monoisotopic (exact) mass is 278 g/mol. The SMILES string of the molecule is CC(C)CNCc1ccc(COCCCN(C)C)cc1. The molecule has 114 valence electrons. The summed E-state index contributed by atoms with van der Waals surface area (Å²) in [7, 11) is 4.18. The van der Waals surface area contributed by atoms with Crippen molar-refractivity contribution in [3.05, 3.63) is 35.4 Å². The molecular weight excluding hydrogens is 248 g/mol. The summed E-state index contributed by atoms with van der Waals surface area (Å²) in [4.78, 5) is 2.18. The molecule has 20 heavy (non-hydrogen) atoms. The van der Waals surface area contributed by atoms with Crippen molar-refractivity contribution in [2.45, 2.75) is 33.4 Å². The van der Waals surface area contributed by atoms with E-state index < -0.39 is 0 Å². The molecule has 0 spiro atoms. The fourth-order valence-electron chi connectivity index (χ4n) is 1.93. The van der Waals surface area contributed by atoms with Crippen LogP contribution in [0.4, 0.5) is 0 Å². The Morgan fingerprint density at radius 2 is 1.75 bits per heavy atom. The van der Waals surface area contributed by atoms with E-state index >= 15 is 0 Å². The Bertz CT molecular complexity index is 347. The van der Waals surface area contributed by atoms with Crippen molar-refractivity contribution in [1.29, 1.82) is 0 Å². The molecule has 0 bridgehead atoms. The number of nitrogens with zero attached hydrogens (tertiary/aromatic N) is 1. The van der Waals surface area contributed by atoms with Crippen molar-refractivity contribution in [3.63, 3.8) is 0 Å². The van der Waals surface area contributed by atoms with E-state index in [1.807, 2.05) is 0 Å². The van der Waals surface area contributed by atoms with Crippen LogP contribution in [0.25, 0.3) is 0 Å². The molecule has 1 aromatic carbocycles. The van der Waals surface area contributed by atoms with Crippen molar-refractivity contribution in [2.75, 3.05) is 33.8 Å². The first-order valence-electron chi connectivity index (χ1n) is 7.59. The first-order chi connectivity index (χ1) is 9.58. The number of nitrogens with one attached hydrogen (secondary N) is 1. The maximum atomic E-state index is 5.68. The van der Waals surface area contributed by atoms with Crippen molar-refractivity contribution in [2.24, 2.45) is 5.92 Å². The highest BCUT2D eigenvalue weighted by Gasteiger charge is 1.97. The van der Waals surface area contributed by atoms with E-state index in [4.69, 9.17) is 4.74 Å². The minimum Gasteiger partial charge on any atom is -0.377 e. The molecule has 0 fully saturated rings. The first kappa shape index (κ1) is 17.2. The molecule has 1 rings (SSSR count). The van der Waals surface area contributed by atoms with Gasteiger partial charge in [-0.3, -0.25) is 0 Å². The van der Waals surface area contributed by atoms with Crippen LogP contribution < -0.4 is 5.32 Å². The van der Waals surface area contributed by atoms with Gasteiger partial charge in [0.05, 0.1) is 6.61 Å². The second-order valence-corrected chi connectivity index (χ2v) is 6.05. The Labute approximate surface area is 124 Å². The molecular formula is C17H30N2O. The third kappa shape index (κ3) is 8.31. The predicted molar refractivity (Wildman–Crippen MR) is 85.8 cm³/mol. The standard InChI is InChI=1S/C17H30N2O/c1-15(2)12-18-13-16-6-8-17(9-7-16)14-20-11-5-10-19(3)4/h6-9,15,18H,5,10-14H2,1-4H3. The second-order valence-electron chi connectivity index (χ2n) is 6.05. The smallest absolute Gasteiger partial charge is 0.0716 e. The highest BCUT2D eigenvalue weighted by atomic mass is 16.5. The highest BCUT2D eigenvalue weighted by molar-refractivity contribution is 5.21. The van der Waals surface area contributed by atoms with E-state index in [0.717, 1.165) is 32.7 Å². The van der Waals surface area contributed by atoms with Gasteiger partial charge in [0.25, 0.3) is 0 Å². The van der Waals surface area contributed by atoms with Crippen molar-refractivity contribution in [1.82, 2.24) is 10.2 Å². The molecule has 0 unspecified atom stereocenters. The highest BCUT2D eigenvalue weighted by Crippen LogP contribution is 2.06. The van der Waals surface area contributed by atoms with Gasteiger partial charge >= 0.3 is 0 Å². The third-order valence-electron chi connectivity index (χ3n) is 3.07. The maximum absolute atomic E-state index is 5.68. The lowest BCUT2D eigenvalue weighted by atomic mass is 10.1. The maximum Gasteiger partial charge on any atom is 0.0716 e. The molecule has 3 nitrogen and oxygen atoms in total. The largest absolute Gasteiger partial charge is 0.377 e. The number of hydrogen-bond donors (Lipinski definition) is 1. The minimum absolute atomic E-state index is 0.699. The zero-order valence-corrected chi connectivity index (χ0v) is 13.5. The van der Waals surface area contributed by atoms with Crippen LogP contribution in [0.3, 0.4) is 0 Å². The molecule has 0 aliphatic carbocycles. The average molecular weight is 278 g/mol. The van der Waals surface area contributed by atoms with Crippen LogP contribution in [-0.4, -0.2) is 38.7 Å². The topological polar surface area (TPSA) is 24.5 Å². The van der Waals surface area contributed by atoms with Crippen LogP contribution in [0.1, 0.15) is 31.4 Å². The molecule has 3 heteroatoms. The minimum atomic E-state index is 0.699. The summed E-state index contributed by atoms with van der Waals surface area (Å²) in [6.45, 7) is 9.09. The average Bonchev–Trinajstić information content (AvgIpc) is 2.39. The predicted octanol–water partition coefficient (Wildman–Crippen LogP) is 2.90. The van der Waals surface area contributed by atoms with Crippen molar-refractivity contribution in [3.8, 4) is 0 Å². The van der Waals surface area contributed by atoms with Crippen LogP contribution in [-0.2, 0) is 17.9 Å². The number of ether oxygens (including phenoxy) is 1. The molecule has 0 amide bonds. The number of benzene rings is 1. The van der Waals surface area contributed by atoms with E-state index in [1.54, 1.807) is 0 Å².